The Bertz CT molecular complexity index is 394. The summed E-state index contributed by atoms with van der Waals surface area (Å²) in [6.07, 6.45) is 0.376. The predicted molar refractivity (Wildman–Crippen MR) is 71.4 cm³/mol. The van der Waals surface area contributed by atoms with Gasteiger partial charge in [-0.05, 0) is 19.1 Å². The molecule has 0 aliphatic rings. The van der Waals surface area contributed by atoms with E-state index in [4.69, 9.17) is 0 Å². The molecule has 0 fully saturated rings. The molecule has 0 aliphatic heterocycles. The number of esters is 1. The summed E-state index contributed by atoms with van der Waals surface area (Å²) < 4.78 is 4.53. The number of carbonyl (C=O) groups is 2. The molecular weight excluding hydrogens is 250 g/mol. The van der Waals surface area contributed by atoms with Crippen LogP contribution in [0.5, 0.6) is 0 Å². The van der Waals surface area contributed by atoms with Gasteiger partial charge in [0.2, 0.25) is 5.91 Å². The van der Waals surface area contributed by atoms with E-state index in [1.54, 1.807) is 18.7 Å². The van der Waals surface area contributed by atoms with Gasteiger partial charge >= 0.3 is 5.97 Å². The van der Waals surface area contributed by atoms with Gasteiger partial charge < -0.3 is 10.1 Å². The molecule has 0 saturated heterocycles. The molecule has 0 spiro atoms. The first-order valence-corrected chi connectivity index (χ1v) is 6.67. The number of hydrogen-bond donors (Lipinski definition) is 1. The number of thioether (sulfide) groups is 1. The molecule has 0 bridgehead atoms. The van der Waals surface area contributed by atoms with Gasteiger partial charge in [-0.2, -0.15) is 0 Å². The molecular formula is C13H17NO3S. The topological polar surface area (TPSA) is 55.4 Å². The van der Waals surface area contributed by atoms with Gasteiger partial charge in [-0.25, -0.2) is 4.79 Å². The Hall–Kier alpha value is -1.49. The van der Waals surface area contributed by atoms with Gasteiger partial charge in [0.15, 0.2) is 0 Å². The van der Waals surface area contributed by atoms with Crippen LogP contribution in [-0.2, 0) is 14.3 Å². The maximum Gasteiger partial charge on any atom is 0.328 e. The summed E-state index contributed by atoms with van der Waals surface area (Å²) in [7, 11) is 1.30. The monoisotopic (exact) mass is 267 g/mol. The molecule has 1 atom stereocenters. The van der Waals surface area contributed by atoms with Crippen LogP contribution in [0.15, 0.2) is 35.2 Å². The lowest BCUT2D eigenvalue weighted by Crippen LogP contribution is -2.39. The second-order valence-corrected chi connectivity index (χ2v) is 4.89. The highest BCUT2D eigenvalue weighted by Crippen LogP contribution is 2.17. The smallest absolute Gasteiger partial charge is 0.328 e. The standard InChI is InChI=1S/C13H17NO3S/c1-10(13(16)17-2)14-12(15)8-9-18-11-6-4-3-5-7-11/h3-7,10H,8-9H2,1-2H3,(H,14,15). The molecule has 0 saturated carbocycles. The summed E-state index contributed by atoms with van der Waals surface area (Å²) in [5.74, 6) is 0.111. The normalized spacial score (nSPS) is 11.7. The van der Waals surface area contributed by atoms with Gasteiger partial charge in [0.25, 0.3) is 0 Å². The van der Waals surface area contributed by atoms with E-state index in [0.29, 0.717) is 12.2 Å². The summed E-state index contributed by atoms with van der Waals surface area (Å²) in [4.78, 5) is 23.8. The molecule has 1 rings (SSSR count). The molecule has 1 aromatic carbocycles. The van der Waals surface area contributed by atoms with Crippen molar-refractivity contribution in [1.29, 1.82) is 0 Å². The van der Waals surface area contributed by atoms with Crippen molar-refractivity contribution in [3.05, 3.63) is 30.3 Å². The number of methoxy groups -OCH3 is 1. The Morgan fingerprint density at radius 1 is 1.33 bits per heavy atom. The molecule has 0 aliphatic carbocycles. The number of hydrogen-bond acceptors (Lipinski definition) is 4. The lowest BCUT2D eigenvalue weighted by molar-refractivity contribution is -0.144. The molecule has 0 heterocycles. The number of ether oxygens (including phenoxy) is 1. The molecule has 0 aromatic heterocycles. The van der Waals surface area contributed by atoms with E-state index in [0.717, 1.165) is 4.90 Å². The maximum atomic E-state index is 11.5. The van der Waals surface area contributed by atoms with E-state index in [-0.39, 0.29) is 5.91 Å². The van der Waals surface area contributed by atoms with Gasteiger partial charge in [0.1, 0.15) is 6.04 Å². The Morgan fingerprint density at radius 3 is 2.61 bits per heavy atom. The van der Waals surface area contributed by atoms with Crippen molar-refractivity contribution in [3.63, 3.8) is 0 Å². The van der Waals surface area contributed by atoms with Crippen molar-refractivity contribution in [3.8, 4) is 0 Å². The van der Waals surface area contributed by atoms with Crippen LogP contribution >= 0.6 is 11.8 Å². The number of benzene rings is 1. The van der Waals surface area contributed by atoms with Crippen molar-refractivity contribution in [2.75, 3.05) is 12.9 Å². The maximum absolute atomic E-state index is 11.5. The molecule has 1 N–H and O–H groups in total. The van der Waals surface area contributed by atoms with E-state index < -0.39 is 12.0 Å². The zero-order valence-corrected chi connectivity index (χ0v) is 11.3. The van der Waals surface area contributed by atoms with E-state index in [9.17, 15) is 9.59 Å². The second-order valence-electron chi connectivity index (χ2n) is 3.72. The van der Waals surface area contributed by atoms with Gasteiger partial charge in [0, 0.05) is 17.1 Å². The summed E-state index contributed by atoms with van der Waals surface area (Å²) in [6, 6.07) is 9.28. The van der Waals surface area contributed by atoms with Crippen LogP contribution in [0.25, 0.3) is 0 Å². The number of carbonyl (C=O) groups excluding carboxylic acids is 2. The van der Waals surface area contributed by atoms with E-state index in [2.05, 4.69) is 10.1 Å². The Kier molecular flexibility index (Phi) is 6.28. The molecule has 4 nitrogen and oxygen atoms in total. The Balaban J connectivity index is 2.23. The van der Waals surface area contributed by atoms with Crippen molar-refractivity contribution in [2.24, 2.45) is 0 Å². The lowest BCUT2D eigenvalue weighted by atomic mass is 10.3. The average Bonchev–Trinajstić information content (AvgIpc) is 2.38. The zero-order chi connectivity index (χ0) is 13.4. The molecule has 1 aromatic rings. The highest BCUT2D eigenvalue weighted by Gasteiger charge is 2.15. The minimum absolute atomic E-state index is 0.142. The Morgan fingerprint density at radius 2 is 2.00 bits per heavy atom. The quantitative estimate of drug-likeness (QED) is 0.631. The van der Waals surface area contributed by atoms with Crippen LogP contribution in [-0.4, -0.2) is 30.8 Å². The molecule has 0 radical (unpaired) electrons. The van der Waals surface area contributed by atoms with E-state index >= 15 is 0 Å². The third-order valence-electron chi connectivity index (χ3n) is 2.27. The van der Waals surface area contributed by atoms with Crippen LogP contribution in [0, 0.1) is 0 Å². The van der Waals surface area contributed by atoms with Crippen LogP contribution < -0.4 is 5.32 Å². The summed E-state index contributed by atoms with van der Waals surface area (Å²) >= 11 is 1.61. The van der Waals surface area contributed by atoms with Gasteiger partial charge in [-0.1, -0.05) is 18.2 Å². The number of amides is 1. The number of rotatable bonds is 6. The fourth-order valence-electron chi connectivity index (χ4n) is 1.33. The predicted octanol–water partition coefficient (Wildman–Crippen LogP) is 1.85. The van der Waals surface area contributed by atoms with Gasteiger partial charge in [-0.15, -0.1) is 11.8 Å². The fraction of sp³-hybridized carbons (Fsp3) is 0.385. The Labute approximate surface area is 111 Å². The largest absolute Gasteiger partial charge is 0.467 e. The van der Waals surface area contributed by atoms with Crippen LogP contribution in [0.2, 0.25) is 0 Å². The second kappa shape index (κ2) is 7.76. The lowest BCUT2D eigenvalue weighted by Gasteiger charge is -2.11. The molecule has 98 valence electrons. The number of nitrogens with one attached hydrogen (secondary N) is 1. The minimum Gasteiger partial charge on any atom is -0.467 e. The van der Waals surface area contributed by atoms with Crippen molar-refractivity contribution >= 4 is 23.6 Å². The van der Waals surface area contributed by atoms with Gasteiger partial charge in [0.05, 0.1) is 7.11 Å². The van der Waals surface area contributed by atoms with Crippen molar-refractivity contribution < 1.29 is 14.3 Å². The van der Waals surface area contributed by atoms with Crippen LogP contribution in [0.1, 0.15) is 13.3 Å². The molecule has 1 amide bonds. The summed E-state index contributed by atoms with van der Waals surface area (Å²) in [5.41, 5.74) is 0. The van der Waals surface area contributed by atoms with Gasteiger partial charge in [-0.3, -0.25) is 4.79 Å². The van der Waals surface area contributed by atoms with Crippen molar-refractivity contribution in [2.45, 2.75) is 24.3 Å². The molecule has 5 heteroatoms. The SMILES string of the molecule is COC(=O)C(C)NC(=O)CCSc1ccccc1. The first kappa shape index (κ1) is 14.6. The fourth-order valence-corrected chi connectivity index (χ4v) is 2.20. The third kappa shape index (κ3) is 5.23. The highest BCUT2D eigenvalue weighted by atomic mass is 32.2. The zero-order valence-electron chi connectivity index (χ0n) is 10.5. The van der Waals surface area contributed by atoms with E-state index in [1.165, 1.54) is 7.11 Å². The minimum atomic E-state index is -0.593. The third-order valence-corrected chi connectivity index (χ3v) is 3.29. The van der Waals surface area contributed by atoms with Crippen LogP contribution in [0.3, 0.4) is 0 Å². The average molecular weight is 267 g/mol. The first-order chi connectivity index (χ1) is 8.63. The molecule has 18 heavy (non-hydrogen) atoms. The summed E-state index contributed by atoms with van der Waals surface area (Å²) in [6.45, 7) is 1.61. The summed E-state index contributed by atoms with van der Waals surface area (Å²) in [5, 5.41) is 2.59. The van der Waals surface area contributed by atoms with E-state index in [1.807, 2.05) is 30.3 Å². The van der Waals surface area contributed by atoms with Crippen LogP contribution in [0.4, 0.5) is 0 Å². The first-order valence-electron chi connectivity index (χ1n) is 5.68. The highest BCUT2D eigenvalue weighted by molar-refractivity contribution is 7.99. The van der Waals surface area contributed by atoms with Crippen molar-refractivity contribution in [1.82, 2.24) is 5.32 Å². The molecule has 1 unspecified atom stereocenters.